The zero-order valence-electron chi connectivity index (χ0n) is 18.2. The Kier molecular flexibility index (Phi) is 8.37. The molecule has 3 N–H and O–H groups in total. The zero-order valence-corrected chi connectivity index (χ0v) is 20.6. The van der Waals surface area contributed by atoms with Crippen molar-refractivity contribution in [2.45, 2.75) is 12.7 Å². The van der Waals surface area contributed by atoms with E-state index in [9.17, 15) is 18.0 Å². The second-order valence-electron chi connectivity index (χ2n) is 7.03. The number of esters is 1. The minimum atomic E-state index is -3.79. The standard InChI is InChI=1S/C23H22BrN3O6S/c1-2-32-23(29)16-9-7-15(8-10-16)20-11-12-21(33-20)22(27-25)19(28)13-26-34(30,31)14-17-5-3-4-6-18(17)24/h3-12,26H,2,13-14,25H2,1H3/b27-22-. The highest BCUT2D eigenvalue weighted by Gasteiger charge is 2.22. The smallest absolute Gasteiger partial charge is 0.338 e. The number of nitrogens with one attached hydrogen (secondary N) is 1. The van der Waals surface area contributed by atoms with Crippen molar-refractivity contribution in [3.63, 3.8) is 0 Å². The van der Waals surface area contributed by atoms with Gasteiger partial charge in [-0.15, -0.1) is 0 Å². The van der Waals surface area contributed by atoms with E-state index in [0.717, 1.165) is 0 Å². The Balaban J connectivity index is 1.67. The molecule has 0 unspecified atom stereocenters. The van der Waals surface area contributed by atoms with E-state index in [1.54, 1.807) is 61.5 Å². The number of benzene rings is 2. The minimum absolute atomic E-state index is 0.0852. The van der Waals surface area contributed by atoms with Crippen LogP contribution < -0.4 is 10.6 Å². The number of hydrogen-bond donors (Lipinski definition) is 2. The Bertz CT molecular complexity index is 1320. The van der Waals surface area contributed by atoms with Crippen molar-refractivity contribution < 1.29 is 27.2 Å². The third-order valence-corrected chi connectivity index (χ3v) is 6.72. The first-order valence-corrected chi connectivity index (χ1v) is 12.6. The van der Waals surface area contributed by atoms with Crippen LogP contribution >= 0.6 is 15.9 Å². The number of ether oxygens (including phenoxy) is 1. The van der Waals surface area contributed by atoms with Crippen LogP contribution in [0.15, 0.2) is 74.7 Å². The van der Waals surface area contributed by atoms with Gasteiger partial charge in [0.15, 0.2) is 11.5 Å². The lowest BCUT2D eigenvalue weighted by Crippen LogP contribution is -2.34. The number of carbonyl (C=O) groups excluding carboxylic acids is 2. The summed E-state index contributed by atoms with van der Waals surface area (Å²) in [4.78, 5) is 24.4. The van der Waals surface area contributed by atoms with E-state index >= 15 is 0 Å². The van der Waals surface area contributed by atoms with Gasteiger partial charge in [0.25, 0.3) is 0 Å². The van der Waals surface area contributed by atoms with Gasteiger partial charge in [0, 0.05) is 10.0 Å². The van der Waals surface area contributed by atoms with Crippen molar-refractivity contribution in [2.24, 2.45) is 10.9 Å². The summed E-state index contributed by atoms with van der Waals surface area (Å²) in [6, 6.07) is 16.6. The molecule has 11 heteroatoms. The summed E-state index contributed by atoms with van der Waals surface area (Å²) in [7, 11) is -3.79. The largest absolute Gasteiger partial charge is 0.462 e. The number of hydrogen-bond acceptors (Lipinski definition) is 8. The molecule has 0 aliphatic heterocycles. The van der Waals surface area contributed by atoms with Gasteiger partial charge in [0.05, 0.1) is 24.5 Å². The van der Waals surface area contributed by atoms with Crippen LogP contribution in [-0.4, -0.2) is 39.0 Å². The van der Waals surface area contributed by atoms with E-state index in [4.69, 9.17) is 15.0 Å². The summed E-state index contributed by atoms with van der Waals surface area (Å²) in [5, 5.41) is 3.49. The number of furan rings is 1. The number of halogens is 1. The lowest BCUT2D eigenvalue weighted by atomic mass is 10.1. The van der Waals surface area contributed by atoms with Crippen LogP contribution in [0.25, 0.3) is 11.3 Å². The molecule has 1 aromatic heterocycles. The monoisotopic (exact) mass is 547 g/mol. The van der Waals surface area contributed by atoms with Crippen LogP contribution in [-0.2, 0) is 25.3 Å². The number of Topliss-reactive ketones (excluding diaryl/α,β-unsaturated/α-hetero) is 1. The number of rotatable bonds is 10. The molecule has 0 saturated carbocycles. The van der Waals surface area contributed by atoms with Crippen LogP contribution in [0.2, 0.25) is 0 Å². The number of nitrogens with zero attached hydrogens (tertiary/aromatic N) is 1. The Hall–Kier alpha value is -3.28. The molecular formula is C23H22BrN3O6S. The third-order valence-electron chi connectivity index (χ3n) is 4.67. The fourth-order valence-electron chi connectivity index (χ4n) is 3.01. The first-order chi connectivity index (χ1) is 16.2. The van der Waals surface area contributed by atoms with Crippen LogP contribution in [0.5, 0.6) is 0 Å². The maximum absolute atomic E-state index is 12.6. The molecule has 0 saturated heterocycles. The summed E-state index contributed by atoms with van der Waals surface area (Å²) in [5.74, 6) is 4.50. The van der Waals surface area contributed by atoms with E-state index in [0.29, 0.717) is 26.9 Å². The van der Waals surface area contributed by atoms with Crippen molar-refractivity contribution in [2.75, 3.05) is 13.2 Å². The molecule has 3 aromatic rings. The maximum atomic E-state index is 12.6. The number of hydrazone groups is 1. The molecule has 178 valence electrons. The molecule has 1 heterocycles. The molecule has 0 fully saturated rings. The normalized spacial score (nSPS) is 11.9. The number of carbonyl (C=O) groups is 2. The highest BCUT2D eigenvalue weighted by Crippen LogP contribution is 2.23. The van der Waals surface area contributed by atoms with Gasteiger partial charge in [-0.3, -0.25) is 4.79 Å². The second-order valence-corrected chi connectivity index (χ2v) is 9.70. The lowest BCUT2D eigenvalue weighted by Gasteiger charge is -2.08. The molecule has 2 aromatic carbocycles. The minimum Gasteiger partial charge on any atom is -0.462 e. The van der Waals surface area contributed by atoms with Gasteiger partial charge in [-0.05, 0) is 42.8 Å². The number of ketones is 1. The molecule has 9 nitrogen and oxygen atoms in total. The molecular weight excluding hydrogens is 526 g/mol. The fraction of sp³-hybridized carbons (Fsp3) is 0.174. The van der Waals surface area contributed by atoms with Crippen molar-refractivity contribution in [1.29, 1.82) is 0 Å². The highest BCUT2D eigenvalue weighted by atomic mass is 79.9. The SMILES string of the molecule is CCOC(=O)c1ccc(-c2ccc(/C(=N\N)C(=O)CNS(=O)(=O)Cc3ccccc3Br)o2)cc1. The Labute approximate surface area is 205 Å². The summed E-state index contributed by atoms with van der Waals surface area (Å²) in [5.41, 5.74) is 1.39. The van der Waals surface area contributed by atoms with Crippen molar-refractivity contribution in [3.8, 4) is 11.3 Å². The average molecular weight is 548 g/mol. The van der Waals surface area contributed by atoms with E-state index in [-0.39, 0.29) is 23.8 Å². The molecule has 0 spiro atoms. The van der Waals surface area contributed by atoms with Gasteiger partial charge in [-0.2, -0.15) is 5.10 Å². The van der Waals surface area contributed by atoms with Crippen LogP contribution in [0.4, 0.5) is 0 Å². The molecule has 0 aliphatic carbocycles. The maximum Gasteiger partial charge on any atom is 0.338 e. The number of sulfonamides is 1. The molecule has 34 heavy (non-hydrogen) atoms. The molecule has 0 bridgehead atoms. The third kappa shape index (κ3) is 6.40. The van der Waals surface area contributed by atoms with Gasteiger partial charge in [-0.1, -0.05) is 46.3 Å². The van der Waals surface area contributed by atoms with Gasteiger partial charge < -0.3 is 15.0 Å². The molecule has 0 radical (unpaired) electrons. The predicted molar refractivity (Wildman–Crippen MR) is 131 cm³/mol. The first-order valence-electron chi connectivity index (χ1n) is 10.1. The van der Waals surface area contributed by atoms with Gasteiger partial charge in [-0.25, -0.2) is 17.9 Å². The van der Waals surface area contributed by atoms with Crippen molar-refractivity contribution >= 4 is 43.4 Å². The summed E-state index contributed by atoms with van der Waals surface area (Å²) >= 11 is 3.30. The summed E-state index contributed by atoms with van der Waals surface area (Å²) < 4.78 is 38.4. The van der Waals surface area contributed by atoms with Crippen LogP contribution in [0, 0.1) is 0 Å². The summed E-state index contributed by atoms with van der Waals surface area (Å²) in [6.45, 7) is 1.46. The Morgan fingerprint density at radius 2 is 1.79 bits per heavy atom. The topological polar surface area (TPSA) is 141 Å². The van der Waals surface area contributed by atoms with Crippen molar-refractivity contribution in [3.05, 3.63) is 82.0 Å². The van der Waals surface area contributed by atoms with Gasteiger partial charge in [0.1, 0.15) is 5.76 Å². The van der Waals surface area contributed by atoms with Crippen LogP contribution in [0.1, 0.15) is 28.6 Å². The molecule has 0 atom stereocenters. The second kappa shape index (κ2) is 11.2. The Morgan fingerprint density at radius 1 is 1.09 bits per heavy atom. The highest BCUT2D eigenvalue weighted by molar-refractivity contribution is 9.10. The van der Waals surface area contributed by atoms with Crippen LogP contribution in [0.3, 0.4) is 0 Å². The average Bonchev–Trinajstić information content (AvgIpc) is 3.30. The first kappa shape index (κ1) is 25.3. The molecule has 0 amide bonds. The molecule has 3 rings (SSSR count). The van der Waals surface area contributed by atoms with Gasteiger partial charge >= 0.3 is 5.97 Å². The zero-order chi connectivity index (χ0) is 24.7. The van der Waals surface area contributed by atoms with E-state index in [2.05, 4.69) is 25.8 Å². The van der Waals surface area contributed by atoms with Crippen molar-refractivity contribution in [1.82, 2.24) is 4.72 Å². The molecule has 0 aliphatic rings. The lowest BCUT2D eigenvalue weighted by molar-refractivity contribution is -0.112. The van der Waals surface area contributed by atoms with E-state index in [1.807, 2.05) is 0 Å². The Morgan fingerprint density at radius 3 is 2.44 bits per heavy atom. The summed E-state index contributed by atoms with van der Waals surface area (Å²) in [6.07, 6.45) is 0. The van der Waals surface area contributed by atoms with E-state index < -0.39 is 28.3 Å². The fourth-order valence-corrected chi connectivity index (χ4v) is 4.73. The van der Waals surface area contributed by atoms with E-state index in [1.165, 1.54) is 6.07 Å². The number of nitrogens with two attached hydrogens (primary N) is 1. The van der Waals surface area contributed by atoms with Gasteiger partial charge in [0.2, 0.25) is 15.8 Å². The quantitative estimate of drug-likeness (QED) is 0.172. The predicted octanol–water partition coefficient (Wildman–Crippen LogP) is 3.24.